The molecule has 4 aliphatic rings. The van der Waals surface area contributed by atoms with Crippen LogP contribution in [-0.2, 0) is 34.0 Å². The number of rotatable bonds is 1. The zero-order valence-corrected chi connectivity index (χ0v) is 7.09. The van der Waals surface area contributed by atoms with E-state index >= 15 is 0 Å². The molecule has 2 aliphatic heterocycles. The van der Waals surface area contributed by atoms with Crippen LogP contribution in [0.25, 0.3) is 0 Å². The molecule has 4 rings (SSSR count). The average Bonchev–Trinajstić information content (AvgIpc) is 2.78. The maximum atomic E-state index is 11.6. The maximum Gasteiger partial charge on any atom is 0.333 e. The lowest BCUT2D eigenvalue weighted by Crippen LogP contribution is -2.76. The summed E-state index contributed by atoms with van der Waals surface area (Å²) in [6.45, 7) is 0. The minimum atomic E-state index is -2.07. The van der Waals surface area contributed by atoms with Crippen LogP contribution in [0.3, 0.4) is 0 Å². The molecule has 2 saturated carbocycles. The molecular formula is C7H4O8. The summed E-state index contributed by atoms with van der Waals surface area (Å²) < 4.78 is 0. The molecule has 2 aliphatic carbocycles. The van der Waals surface area contributed by atoms with E-state index in [1.165, 1.54) is 0 Å². The normalized spacial score (nSPS) is 59.7. The molecule has 0 amide bonds. The number of ketones is 2. The van der Waals surface area contributed by atoms with Gasteiger partial charge in [-0.15, -0.1) is 0 Å². The Morgan fingerprint density at radius 3 is 2.60 bits per heavy atom. The minimum Gasteiger partial charge on any atom is -0.293 e. The highest BCUT2D eigenvalue weighted by Crippen LogP contribution is 2.71. The van der Waals surface area contributed by atoms with Crippen molar-refractivity contribution in [2.24, 2.45) is 0 Å². The number of carbonyl (C=O) groups excluding carboxylic acids is 2. The fourth-order valence-corrected chi connectivity index (χ4v) is 2.58. The molecule has 0 aromatic rings. The summed E-state index contributed by atoms with van der Waals surface area (Å²) in [5.41, 5.74) is -3.01. The van der Waals surface area contributed by atoms with Crippen LogP contribution in [0.2, 0.25) is 0 Å². The first-order valence-electron chi connectivity index (χ1n) is 4.28. The molecule has 4 unspecified atom stereocenters. The van der Waals surface area contributed by atoms with E-state index in [1.807, 2.05) is 0 Å². The van der Waals surface area contributed by atoms with E-state index in [9.17, 15) is 9.59 Å². The van der Waals surface area contributed by atoms with E-state index in [0.717, 1.165) is 0 Å². The Hall–Kier alpha value is -0.900. The number of carbonyl (C=O) groups is 2. The van der Waals surface area contributed by atoms with Gasteiger partial charge >= 0.3 is 5.79 Å². The molecule has 0 aromatic heterocycles. The van der Waals surface area contributed by atoms with E-state index in [-0.39, 0.29) is 6.42 Å². The lowest BCUT2D eigenvalue weighted by Gasteiger charge is -2.50. The topological polar surface area (TPSA) is 101 Å². The Bertz CT molecular complexity index is 413. The molecule has 15 heavy (non-hydrogen) atoms. The van der Waals surface area contributed by atoms with Crippen molar-refractivity contribution in [3.63, 3.8) is 0 Å². The van der Waals surface area contributed by atoms with Crippen LogP contribution in [0.1, 0.15) is 6.42 Å². The molecule has 2 spiro atoms. The monoisotopic (exact) mass is 216 g/mol. The Morgan fingerprint density at radius 2 is 2.13 bits per heavy atom. The lowest BCUT2D eigenvalue weighted by atomic mass is 9.83. The van der Waals surface area contributed by atoms with Crippen molar-refractivity contribution in [3.05, 3.63) is 0 Å². The molecule has 0 aromatic carbocycles. The summed E-state index contributed by atoms with van der Waals surface area (Å²) in [5, 5.41) is 8.70. The second-order valence-electron chi connectivity index (χ2n) is 3.92. The molecule has 4 fully saturated rings. The van der Waals surface area contributed by atoms with Crippen molar-refractivity contribution in [3.8, 4) is 0 Å². The van der Waals surface area contributed by atoms with Gasteiger partial charge in [-0.2, -0.15) is 9.78 Å². The summed E-state index contributed by atoms with van der Waals surface area (Å²) in [6, 6.07) is 0. The van der Waals surface area contributed by atoms with Gasteiger partial charge in [-0.05, 0) is 0 Å². The third-order valence-corrected chi connectivity index (χ3v) is 3.48. The first-order valence-corrected chi connectivity index (χ1v) is 4.28. The standard InChI is InChI=1S/C7H4O8/c8-2-1-3-5(13-11-3)4(9)6(5)7(2,12-10)15-14-6/h3,10H,1H2. The predicted molar refractivity (Wildman–Crippen MR) is 34.7 cm³/mol. The quantitative estimate of drug-likeness (QED) is 0.417. The second-order valence-corrected chi connectivity index (χ2v) is 3.92. The van der Waals surface area contributed by atoms with Crippen molar-refractivity contribution in [1.29, 1.82) is 0 Å². The highest BCUT2D eigenvalue weighted by Gasteiger charge is 3.06. The van der Waals surface area contributed by atoms with Crippen molar-refractivity contribution in [1.82, 2.24) is 0 Å². The van der Waals surface area contributed by atoms with E-state index in [1.54, 1.807) is 0 Å². The van der Waals surface area contributed by atoms with Gasteiger partial charge in [0, 0.05) is 6.42 Å². The van der Waals surface area contributed by atoms with Crippen LogP contribution in [0, 0.1) is 0 Å². The van der Waals surface area contributed by atoms with Crippen LogP contribution in [0.4, 0.5) is 0 Å². The number of Topliss-reactive ketones (excluding diaryl/α,β-unsaturated/α-hetero) is 2. The van der Waals surface area contributed by atoms with Crippen molar-refractivity contribution >= 4 is 11.6 Å². The van der Waals surface area contributed by atoms with Crippen LogP contribution < -0.4 is 0 Å². The van der Waals surface area contributed by atoms with Gasteiger partial charge in [-0.25, -0.2) is 19.9 Å². The highest BCUT2D eigenvalue weighted by atomic mass is 17.4. The molecule has 2 saturated heterocycles. The summed E-state index contributed by atoms with van der Waals surface area (Å²) in [7, 11) is 0. The van der Waals surface area contributed by atoms with Gasteiger partial charge in [-0.1, -0.05) is 0 Å². The van der Waals surface area contributed by atoms with Crippen molar-refractivity contribution in [2.45, 2.75) is 29.5 Å². The molecule has 2 heterocycles. The Morgan fingerprint density at radius 1 is 1.33 bits per heavy atom. The first-order chi connectivity index (χ1) is 7.16. The lowest BCUT2D eigenvalue weighted by molar-refractivity contribution is -0.640. The summed E-state index contributed by atoms with van der Waals surface area (Å²) in [6.07, 6.45) is -0.804. The van der Waals surface area contributed by atoms with Crippen LogP contribution in [0.15, 0.2) is 0 Å². The van der Waals surface area contributed by atoms with Crippen molar-refractivity contribution < 1.29 is 39.3 Å². The Labute approximate surface area is 81.4 Å². The van der Waals surface area contributed by atoms with Gasteiger partial charge in [0.25, 0.3) is 5.60 Å². The Balaban J connectivity index is 1.91. The zero-order chi connectivity index (χ0) is 10.5. The summed E-state index contributed by atoms with van der Waals surface area (Å²) >= 11 is 0. The average molecular weight is 216 g/mol. The molecule has 1 N–H and O–H groups in total. The van der Waals surface area contributed by atoms with Gasteiger partial charge in [0.05, 0.1) is 0 Å². The van der Waals surface area contributed by atoms with Crippen molar-refractivity contribution in [2.75, 3.05) is 0 Å². The molecule has 8 nitrogen and oxygen atoms in total. The van der Waals surface area contributed by atoms with Crippen LogP contribution in [-0.4, -0.2) is 39.9 Å². The molecule has 4 atom stereocenters. The SMILES string of the molecule is O=C1CC2OOC23C(=O)C32OOC12OO. The summed E-state index contributed by atoms with van der Waals surface area (Å²) in [5.74, 6) is -3.17. The predicted octanol–water partition coefficient (Wildman–Crippen LogP) is -1.50. The second kappa shape index (κ2) is 1.86. The first kappa shape index (κ1) is 8.28. The molecular weight excluding hydrogens is 212 g/mol. The maximum absolute atomic E-state index is 11.6. The van der Waals surface area contributed by atoms with E-state index in [0.29, 0.717) is 0 Å². The van der Waals surface area contributed by atoms with Gasteiger partial charge in [0.1, 0.15) is 6.10 Å². The molecule has 0 radical (unpaired) electrons. The van der Waals surface area contributed by atoms with E-state index in [2.05, 4.69) is 19.6 Å². The fraction of sp³-hybridized carbons (Fsp3) is 0.714. The van der Waals surface area contributed by atoms with Gasteiger partial charge in [0.15, 0.2) is 0 Å². The largest absolute Gasteiger partial charge is 0.333 e. The number of hydrogen-bond acceptors (Lipinski definition) is 8. The number of hydrogen-bond donors (Lipinski definition) is 1. The fourth-order valence-electron chi connectivity index (χ4n) is 2.58. The van der Waals surface area contributed by atoms with Crippen LogP contribution in [0.5, 0.6) is 0 Å². The Kier molecular flexibility index (Phi) is 1.03. The third-order valence-electron chi connectivity index (χ3n) is 3.48. The van der Waals surface area contributed by atoms with Gasteiger partial charge in [0.2, 0.25) is 17.2 Å². The minimum absolute atomic E-state index is 0.128. The van der Waals surface area contributed by atoms with E-state index in [4.69, 9.17) is 10.1 Å². The van der Waals surface area contributed by atoms with Gasteiger partial charge < -0.3 is 0 Å². The summed E-state index contributed by atoms with van der Waals surface area (Å²) in [4.78, 5) is 45.7. The molecule has 0 bridgehead atoms. The van der Waals surface area contributed by atoms with E-state index < -0.39 is 34.7 Å². The van der Waals surface area contributed by atoms with Gasteiger partial charge in [-0.3, -0.25) is 9.59 Å². The molecule has 80 valence electrons. The highest BCUT2D eigenvalue weighted by molar-refractivity contribution is 6.23. The smallest absolute Gasteiger partial charge is 0.293 e. The van der Waals surface area contributed by atoms with Crippen LogP contribution >= 0.6 is 0 Å². The zero-order valence-electron chi connectivity index (χ0n) is 7.09. The molecule has 8 heteroatoms. The third kappa shape index (κ3) is 0.462.